The molecule has 1 aromatic rings. The van der Waals surface area contributed by atoms with Gasteiger partial charge in [-0.2, -0.15) is 0 Å². The molecule has 1 amide bonds. The molecule has 1 aliphatic rings. The molecule has 6 nitrogen and oxygen atoms in total. The summed E-state index contributed by atoms with van der Waals surface area (Å²) in [6.45, 7) is 6.11. The molecule has 1 aromatic heterocycles. The Balaban J connectivity index is 1.80. The number of rotatable bonds is 4. The van der Waals surface area contributed by atoms with Crippen LogP contribution in [-0.2, 0) is 0 Å². The second kappa shape index (κ2) is 5.77. The summed E-state index contributed by atoms with van der Waals surface area (Å²) >= 11 is 0. The maximum absolute atomic E-state index is 11.8. The third kappa shape index (κ3) is 3.16. The predicted octanol–water partition coefficient (Wildman–Crippen LogP) is 0.130. The molecule has 0 aliphatic carbocycles. The van der Waals surface area contributed by atoms with Gasteiger partial charge in [-0.3, -0.25) is 4.79 Å². The first kappa shape index (κ1) is 12.8. The normalized spacial score (nSPS) is 19.9. The molecular formula is C12H19N5O. The molecule has 0 saturated carbocycles. The number of hydrogen-bond donors (Lipinski definition) is 2. The molecule has 18 heavy (non-hydrogen) atoms. The Labute approximate surface area is 107 Å². The van der Waals surface area contributed by atoms with Crippen molar-refractivity contribution in [1.82, 2.24) is 20.2 Å². The molecule has 0 bridgehead atoms. The van der Waals surface area contributed by atoms with Gasteiger partial charge >= 0.3 is 0 Å². The minimum Gasteiger partial charge on any atom is -0.382 e. The van der Waals surface area contributed by atoms with Crippen LogP contribution in [0.2, 0.25) is 0 Å². The second-order valence-corrected chi connectivity index (χ2v) is 4.58. The van der Waals surface area contributed by atoms with E-state index in [1.165, 1.54) is 12.4 Å². The Kier molecular flexibility index (Phi) is 4.09. The zero-order valence-electron chi connectivity index (χ0n) is 10.6. The molecule has 98 valence electrons. The minimum atomic E-state index is -0.183. The molecule has 2 rings (SSSR count). The van der Waals surface area contributed by atoms with Gasteiger partial charge in [-0.25, -0.2) is 9.97 Å². The van der Waals surface area contributed by atoms with Crippen molar-refractivity contribution in [2.45, 2.75) is 13.3 Å². The van der Waals surface area contributed by atoms with Crippen LogP contribution < -0.4 is 11.1 Å². The zero-order valence-corrected chi connectivity index (χ0v) is 10.6. The average molecular weight is 249 g/mol. The van der Waals surface area contributed by atoms with Gasteiger partial charge in [0, 0.05) is 13.1 Å². The van der Waals surface area contributed by atoms with Gasteiger partial charge < -0.3 is 16.0 Å². The van der Waals surface area contributed by atoms with Gasteiger partial charge in [0.25, 0.3) is 5.91 Å². The first-order chi connectivity index (χ1) is 8.69. The topological polar surface area (TPSA) is 84.1 Å². The third-order valence-corrected chi connectivity index (χ3v) is 3.27. The van der Waals surface area contributed by atoms with Gasteiger partial charge in [-0.1, -0.05) is 6.92 Å². The molecule has 1 saturated heterocycles. The van der Waals surface area contributed by atoms with Crippen LogP contribution >= 0.6 is 0 Å². The highest BCUT2D eigenvalue weighted by Crippen LogP contribution is 2.14. The van der Waals surface area contributed by atoms with E-state index in [4.69, 9.17) is 5.73 Å². The van der Waals surface area contributed by atoms with Gasteiger partial charge in [0.2, 0.25) is 0 Å². The summed E-state index contributed by atoms with van der Waals surface area (Å²) < 4.78 is 0. The van der Waals surface area contributed by atoms with Gasteiger partial charge in [-0.15, -0.1) is 0 Å². The number of carbonyl (C=O) groups excluding carboxylic acids is 1. The summed E-state index contributed by atoms with van der Waals surface area (Å²) in [5.41, 5.74) is 5.73. The lowest BCUT2D eigenvalue weighted by Gasteiger charge is -2.13. The van der Waals surface area contributed by atoms with Crippen molar-refractivity contribution >= 4 is 11.7 Å². The number of hydrogen-bond acceptors (Lipinski definition) is 5. The number of aromatic nitrogens is 2. The van der Waals surface area contributed by atoms with Crippen molar-refractivity contribution in [3.63, 3.8) is 0 Å². The monoisotopic (exact) mass is 249 g/mol. The van der Waals surface area contributed by atoms with Gasteiger partial charge in [0.05, 0.1) is 12.4 Å². The lowest BCUT2D eigenvalue weighted by Crippen LogP contribution is -2.31. The number of nitrogens with zero attached hydrogens (tertiary/aromatic N) is 3. The number of likely N-dealkylation sites (tertiary alicyclic amines) is 1. The fourth-order valence-electron chi connectivity index (χ4n) is 2.15. The Morgan fingerprint density at radius 2 is 2.39 bits per heavy atom. The van der Waals surface area contributed by atoms with Crippen molar-refractivity contribution in [1.29, 1.82) is 0 Å². The van der Waals surface area contributed by atoms with E-state index in [9.17, 15) is 4.79 Å². The lowest BCUT2D eigenvalue weighted by atomic mass is 10.1. The highest BCUT2D eigenvalue weighted by molar-refractivity contribution is 5.91. The Morgan fingerprint density at radius 1 is 1.56 bits per heavy atom. The summed E-state index contributed by atoms with van der Waals surface area (Å²) in [7, 11) is 0. The number of amides is 1. The van der Waals surface area contributed by atoms with E-state index in [2.05, 4.69) is 27.1 Å². The van der Waals surface area contributed by atoms with E-state index in [1.54, 1.807) is 0 Å². The summed E-state index contributed by atoms with van der Waals surface area (Å²) in [6, 6.07) is 0. The van der Waals surface area contributed by atoms with Crippen LogP contribution in [0.5, 0.6) is 0 Å². The SMILES string of the molecule is CCN1CCC(CNC(=O)c2cnc(N)cn2)C1. The second-order valence-electron chi connectivity index (χ2n) is 4.58. The van der Waals surface area contributed by atoms with Crippen molar-refractivity contribution in [3.05, 3.63) is 18.1 Å². The number of nitrogens with two attached hydrogens (primary N) is 1. The molecule has 1 unspecified atom stereocenters. The lowest BCUT2D eigenvalue weighted by molar-refractivity contribution is 0.0942. The molecule has 3 N–H and O–H groups in total. The quantitative estimate of drug-likeness (QED) is 0.792. The van der Waals surface area contributed by atoms with Gasteiger partial charge in [0.1, 0.15) is 11.5 Å². The Hall–Kier alpha value is -1.69. The van der Waals surface area contributed by atoms with Crippen molar-refractivity contribution < 1.29 is 4.79 Å². The molecule has 0 spiro atoms. The predicted molar refractivity (Wildman–Crippen MR) is 69.0 cm³/mol. The summed E-state index contributed by atoms with van der Waals surface area (Å²) in [5.74, 6) is 0.675. The summed E-state index contributed by atoms with van der Waals surface area (Å²) in [5, 5.41) is 2.90. The van der Waals surface area contributed by atoms with Crippen molar-refractivity contribution in [2.24, 2.45) is 5.92 Å². The largest absolute Gasteiger partial charge is 0.382 e. The molecule has 1 atom stereocenters. The molecular weight excluding hydrogens is 230 g/mol. The molecule has 6 heteroatoms. The Bertz CT molecular complexity index is 405. The van der Waals surface area contributed by atoms with E-state index in [-0.39, 0.29) is 5.91 Å². The fraction of sp³-hybridized carbons (Fsp3) is 0.583. The van der Waals surface area contributed by atoms with Crippen LogP contribution in [-0.4, -0.2) is 47.0 Å². The first-order valence-electron chi connectivity index (χ1n) is 6.27. The molecule has 2 heterocycles. The maximum atomic E-state index is 11.8. The highest BCUT2D eigenvalue weighted by atomic mass is 16.1. The number of nitrogens with one attached hydrogen (secondary N) is 1. The molecule has 1 aliphatic heterocycles. The molecule has 1 fully saturated rings. The summed E-state index contributed by atoms with van der Waals surface area (Å²) in [4.78, 5) is 22.0. The van der Waals surface area contributed by atoms with Gasteiger partial charge in [-0.05, 0) is 25.4 Å². The zero-order chi connectivity index (χ0) is 13.0. The molecule has 0 radical (unpaired) electrons. The van der Waals surface area contributed by atoms with Crippen LogP contribution in [0.1, 0.15) is 23.8 Å². The van der Waals surface area contributed by atoms with Gasteiger partial charge in [0.15, 0.2) is 0 Å². The average Bonchev–Trinajstić information content (AvgIpc) is 2.85. The van der Waals surface area contributed by atoms with E-state index in [0.29, 0.717) is 24.0 Å². The third-order valence-electron chi connectivity index (χ3n) is 3.27. The van der Waals surface area contributed by atoms with Crippen LogP contribution in [0.3, 0.4) is 0 Å². The van der Waals surface area contributed by atoms with E-state index < -0.39 is 0 Å². The Morgan fingerprint density at radius 3 is 3.00 bits per heavy atom. The van der Waals surface area contributed by atoms with Crippen LogP contribution in [0, 0.1) is 5.92 Å². The van der Waals surface area contributed by atoms with E-state index >= 15 is 0 Å². The van der Waals surface area contributed by atoms with Crippen LogP contribution in [0.15, 0.2) is 12.4 Å². The number of carbonyl (C=O) groups is 1. The van der Waals surface area contributed by atoms with Crippen molar-refractivity contribution in [2.75, 3.05) is 31.9 Å². The number of nitrogen functional groups attached to an aromatic ring is 1. The van der Waals surface area contributed by atoms with E-state index in [0.717, 1.165) is 26.1 Å². The van der Waals surface area contributed by atoms with Crippen molar-refractivity contribution in [3.8, 4) is 0 Å². The minimum absolute atomic E-state index is 0.183. The van der Waals surface area contributed by atoms with E-state index in [1.807, 2.05) is 0 Å². The first-order valence-corrected chi connectivity index (χ1v) is 6.27. The smallest absolute Gasteiger partial charge is 0.271 e. The number of anilines is 1. The maximum Gasteiger partial charge on any atom is 0.271 e. The highest BCUT2D eigenvalue weighted by Gasteiger charge is 2.21. The molecule has 0 aromatic carbocycles. The summed E-state index contributed by atoms with van der Waals surface area (Å²) in [6.07, 6.45) is 3.93. The fourth-order valence-corrected chi connectivity index (χ4v) is 2.15. The standard InChI is InChI=1S/C12H19N5O/c1-2-17-4-3-9(8-17)5-16-12(18)10-6-15-11(13)7-14-10/h6-7,9H,2-5,8H2,1H3,(H2,13,15)(H,16,18). The van der Waals surface area contributed by atoms with Crippen LogP contribution in [0.4, 0.5) is 5.82 Å². The van der Waals surface area contributed by atoms with Crippen LogP contribution in [0.25, 0.3) is 0 Å².